The molecule has 36 heavy (non-hydrogen) atoms. The Morgan fingerprint density at radius 1 is 1.28 bits per heavy atom. The van der Waals surface area contributed by atoms with Gasteiger partial charge in [0.25, 0.3) is 11.8 Å². The highest BCUT2D eigenvalue weighted by Gasteiger charge is 2.33. The Hall–Kier alpha value is -3.88. The summed E-state index contributed by atoms with van der Waals surface area (Å²) in [6.07, 6.45) is 5.38. The van der Waals surface area contributed by atoms with Crippen LogP contribution in [0.5, 0.6) is 5.75 Å². The molecule has 188 valence electrons. The number of aromatic amines is 1. The molecule has 3 heterocycles. The first kappa shape index (κ1) is 23.8. The molecule has 1 saturated carbocycles. The number of nitrogens with zero attached hydrogens (tertiary/aromatic N) is 1. The zero-order valence-electron chi connectivity index (χ0n) is 20.5. The van der Waals surface area contributed by atoms with Crippen LogP contribution in [0.3, 0.4) is 0 Å². The molecule has 0 spiro atoms. The van der Waals surface area contributed by atoms with Gasteiger partial charge in [0.05, 0.1) is 22.9 Å². The molecular formula is C27H29FN4O4. The van der Waals surface area contributed by atoms with E-state index in [0.29, 0.717) is 57.9 Å². The number of nitrogens with one attached hydrogen (secondary N) is 3. The fourth-order valence-corrected chi connectivity index (χ4v) is 4.72. The van der Waals surface area contributed by atoms with Crippen molar-refractivity contribution < 1.29 is 23.1 Å². The summed E-state index contributed by atoms with van der Waals surface area (Å²) in [6.45, 7) is 6.32. The number of allylic oxidation sites excluding steroid dienone is 1. The summed E-state index contributed by atoms with van der Waals surface area (Å²) in [6, 6.07) is 4.88. The Morgan fingerprint density at radius 3 is 2.69 bits per heavy atom. The molecule has 5 rings (SSSR count). The van der Waals surface area contributed by atoms with E-state index in [4.69, 9.17) is 14.6 Å². The van der Waals surface area contributed by atoms with Crippen LogP contribution in [0, 0.1) is 19.3 Å². The topological polar surface area (TPSA) is 111 Å². The van der Waals surface area contributed by atoms with Gasteiger partial charge in [-0.25, -0.2) is 4.39 Å². The van der Waals surface area contributed by atoms with Crippen LogP contribution in [0.2, 0.25) is 0 Å². The van der Waals surface area contributed by atoms with E-state index in [9.17, 15) is 14.0 Å². The Kier molecular flexibility index (Phi) is 6.15. The fourth-order valence-electron chi connectivity index (χ4n) is 4.72. The minimum atomic E-state index is -1.01. The van der Waals surface area contributed by atoms with Crippen LogP contribution in [0.15, 0.2) is 34.9 Å². The predicted octanol–water partition coefficient (Wildman–Crippen LogP) is 4.91. The van der Waals surface area contributed by atoms with Crippen molar-refractivity contribution in [2.24, 2.45) is 0 Å². The molecule has 9 heteroatoms. The lowest BCUT2D eigenvalue weighted by Gasteiger charge is -2.38. The fraction of sp³-hybridized carbons (Fsp3) is 0.370. The second-order valence-electron chi connectivity index (χ2n) is 9.50. The van der Waals surface area contributed by atoms with Crippen LogP contribution in [-0.2, 0) is 0 Å². The van der Waals surface area contributed by atoms with Gasteiger partial charge in [-0.2, -0.15) is 0 Å². The lowest BCUT2D eigenvalue weighted by atomic mass is 9.90. The number of amides is 2. The van der Waals surface area contributed by atoms with Crippen LogP contribution < -0.4 is 10.1 Å². The Bertz CT molecular complexity index is 1390. The highest BCUT2D eigenvalue weighted by Crippen LogP contribution is 2.33. The average Bonchev–Trinajstić information content (AvgIpc) is 3.38. The number of furan rings is 1. The molecule has 2 amide bonds. The van der Waals surface area contributed by atoms with Crippen molar-refractivity contribution in [2.75, 3.05) is 6.54 Å². The Labute approximate surface area is 208 Å². The van der Waals surface area contributed by atoms with Crippen molar-refractivity contribution in [1.82, 2.24) is 15.2 Å². The number of fused-ring (bicyclic) bond motifs is 1. The zero-order chi connectivity index (χ0) is 25.6. The monoisotopic (exact) mass is 492 g/mol. The van der Waals surface area contributed by atoms with Crippen LogP contribution in [-0.4, -0.2) is 52.7 Å². The van der Waals surface area contributed by atoms with Crippen LogP contribution in [0.4, 0.5) is 4.39 Å². The largest absolute Gasteiger partial charge is 0.460 e. The van der Waals surface area contributed by atoms with Gasteiger partial charge in [-0.1, -0.05) is 0 Å². The number of H-pyrrole nitrogens is 1. The van der Waals surface area contributed by atoms with Crippen molar-refractivity contribution in [3.05, 3.63) is 58.6 Å². The van der Waals surface area contributed by atoms with E-state index in [1.54, 1.807) is 31.3 Å². The van der Waals surface area contributed by atoms with E-state index >= 15 is 0 Å². The highest BCUT2D eigenvalue weighted by molar-refractivity contribution is 6.07. The number of carbonyl (C=O) groups is 2. The van der Waals surface area contributed by atoms with E-state index < -0.39 is 12.2 Å². The van der Waals surface area contributed by atoms with E-state index in [0.717, 1.165) is 24.7 Å². The van der Waals surface area contributed by atoms with Crippen LogP contribution in [0.25, 0.3) is 16.7 Å². The molecule has 2 aromatic heterocycles. The van der Waals surface area contributed by atoms with E-state index in [-0.39, 0.29) is 17.9 Å². The second-order valence-corrected chi connectivity index (χ2v) is 9.50. The molecule has 1 saturated heterocycles. The molecule has 0 bridgehead atoms. The van der Waals surface area contributed by atoms with E-state index in [2.05, 4.69) is 10.3 Å². The van der Waals surface area contributed by atoms with Gasteiger partial charge in [-0.05, 0) is 57.7 Å². The molecule has 8 nitrogen and oxygen atoms in total. The van der Waals surface area contributed by atoms with Gasteiger partial charge >= 0.3 is 0 Å². The molecular weight excluding hydrogens is 463 g/mol. The third kappa shape index (κ3) is 4.08. The standard InChI is InChI=1S/C27H29FN4O4/c1-14-9-11-32(14)27(34)19-13-30-25(15(19)2)22(8-10-29)36-17-4-5-18-23(12-17)35-16(3)24(18)26(33)31-21-7-6-20(21)28/h4-5,8,10,12-14,20-21,29-30H,6-7,9,11H2,1-3H3,(H,31,33)/b22-8+,29-10?. The van der Waals surface area contributed by atoms with Crippen LogP contribution in [0.1, 0.15) is 63.9 Å². The third-order valence-electron chi connectivity index (χ3n) is 7.23. The lowest BCUT2D eigenvalue weighted by Crippen LogP contribution is -2.49. The maximum Gasteiger partial charge on any atom is 0.255 e. The molecule has 2 aliphatic rings. The summed E-state index contributed by atoms with van der Waals surface area (Å²) in [5.74, 6) is 0.873. The number of rotatable bonds is 7. The SMILES string of the molecule is Cc1oc2cc(O/C(=C/C=N)c3[nH]cc(C(=O)N4CCC4C)c3C)ccc2c1C(=O)NC1CCC1F. The molecule has 1 aliphatic carbocycles. The number of ether oxygens (including phenoxy) is 1. The number of aryl methyl sites for hydroxylation is 1. The quantitative estimate of drug-likeness (QED) is 0.321. The summed E-state index contributed by atoms with van der Waals surface area (Å²) < 4.78 is 25.6. The summed E-state index contributed by atoms with van der Waals surface area (Å²) in [5.41, 5.74) is 2.76. The van der Waals surface area contributed by atoms with Gasteiger partial charge in [0.2, 0.25) is 0 Å². The van der Waals surface area contributed by atoms with Crippen molar-refractivity contribution >= 4 is 34.8 Å². The van der Waals surface area contributed by atoms with E-state index in [1.165, 1.54) is 6.08 Å². The van der Waals surface area contributed by atoms with Gasteiger partial charge in [0, 0.05) is 42.5 Å². The number of aromatic nitrogens is 1. The first-order valence-corrected chi connectivity index (χ1v) is 12.1. The normalized spacial score (nSPS) is 21.6. The van der Waals surface area contributed by atoms with Gasteiger partial charge in [0.1, 0.15) is 23.3 Å². The van der Waals surface area contributed by atoms with Gasteiger partial charge in [-0.15, -0.1) is 0 Å². The summed E-state index contributed by atoms with van der Waals surface area (Å²) >= 11 is 0. The molecule has 3 unspecified atom stereocenters. The van der Waals surface area contributed by atoms with Gasteiger partial charge in [-0.3, -0.25) is 9.59 Å². The Balaban J connectivity index is 1.39. The number of benzene rings is 1. The molecule has 3 atom stereocenters. The number of likely N-dealkylation sites (tertiary alicyclic amines) is 1. The van der Waals surface area contributed by atoms with Crippen molar-refractivity contribution in [2.45, 2.75) is 58.3 Å². The third-order valence-corrected chi connectivity index (χ3v) is 7.23. The first-order chi connectivity index (χ1) is 17.3. The van der Waals surface area contributed by atoms with Crippen molar-refractivity contribution in [3.8, 4) is 5.75 Å². The number of hydrogen-bond acceptors (Lipinski definition) is 5. The zero-order valence-corrected chi connectivity index (χ0v) is 20.5. The number of carbonyl (C=O) groups excluding carboxylic acids is 2. The first-order valence-electron chi connectivity index (χ1n) is 12.1. The average molecular weight is 493 g/mol. The second kappa shape index (κ2) is 9.29. The minimum Gasteiger partial charge on any atom is -0.460 e. The maximum atomic E-state index is 13.6. The summed E-state index contributed by atoms with van der Waals surface area (Å²) in [7, 11) is 0. The molecule has 0 radical (unpaired) electrons. The van der Waals surface area contributed by atoms with Crippen molar-refractivity contribution in [1.29, 1.82) is 5.41 Å². The minimum absolute atomic E-state index is 0.0257. The lowest BCUT2D eigenvalue weighted by molar-refractivity contribution is 0.0501. The van der Waals surface area contributed by atoms with Gasteiger partial charge in [0.15, 0.2) is 5.76 Å². The maximum absolute atomic E-state index is 13.6. The summed E-state index contributed by atoms with van der Waals surface area (Å²) in [4.78, 5) is 30.6. The van der Waals surface area contributed by atoms with Crippen LogP contribution >= 0.6 is 0 Å². The van der Waals surface area contributed by atoms with Gasteiger partial charge < -0.3 is 29.8 Å². The predicted molar refractivity (Wildman–Crippen MR) is 134 cm³/mol. The molecule has 3 N–H and O–H groups in total. The highest BCUT2D eigenvalue weighted by atomic mass is 19.1. The number of hydrogen-bond donors (Lipinski definition) is 3. The number of halogens is 1. The molecule has 3 aromatic rings. The summed E-state index contributed by atoms with van der Waals surface area (Å²) in [5, 5.41) is 10.9. The molecule has 1 aliphatic heterocycles. The smallest absolute Gasteiger partial charge is 0.255 e. The molecule has 1 aromatic carbocycles. The van der Waals surface area contributed by atoms with E-state index in [1.807, 2.05) is 18.7 Å². The Morgan fingerprint density at radius 2 is 2.08 bits per heavy atom. The molecule has 2 fully saturated rings. The van der Waals surface area contributed by atoms with Crippen molar-refractivity contribution in [3.63, 3.8) is 0 Å². The number of alkyl halides is 1.